The van der Waals surface area contributed by atoms with E-state index in [-0.39, 0.29) is 0 Å². The smallest absolute Gasteiger partial charge is 0.273 e. The monoisotopic (exact) mass is 242 g/mol. The lowest BCUT2D eigenvalue weighted by Crippen LogP contribution is -2.30. The minimum Gasteiger partial charge on any atom is -0.273 e. The third kappa shape index (κ3) is 2.51. The van der Waals surface area contributed by atoms with Gasteiger partial charge >= 0.3 is 5.71 Å². The first kappa shape index (κ1) is 11.6. The zero-order valence-corrected chi connectivity index (χ0v) is 10.8. The molecule has 3 rings (SSSR count). The Morgan fingerprint density at radius 3 is 2.89 bits per heavy atom. The van der Waals surface area contributed by atoms with E-state index in [2.05, 4.69) is 15.7 Å². The molecule has 0 saturated carbocycles. The van der Waals surface area contributed by atoms with Crippen LogP contribution in [-0.2, 0) is 0 Å². The topological polar surface area (TPSA) is 38.8 Å². The quantitative estimate of drug-likeness (QED) is 0.667. The summed E-state index contributed by atoms with van der Waals surface area (Å²) in [4.78, 5) is 9.44. The highest BCUT2D eigenvalue weighted by atomic mass is 14.9. The number of nitrogens with zero attached hydrogens (tertiary/aromatic N) is 3. The molecule has 0 aromatic carbocycles. The van der Waals surface area contributed by atoms with Crippen LogP contribution in [0.4, 0.5) is 0 Å². The summed E-state index contributed by atoms with van der Waals surface area (Å²) in [6.07, 6.45) is 15.3. The van der Waals surface area contributed by atoms with Crippen molar-refractivity contribution in [1.29, 1.82) is 0 Å². The highest BCUT2D eigenvalue weighted by Gasteiger charge is 2.27. The minimum absolute atomic E-state index is 0.323. The van der Waals surface area contributed by atoms with Crippen LogP contribution in [0.25, 0.3) is 0 Å². The van der Waals surface area contributed by atoms with Gasteiger partial charge in [-0.05, 0) is 38.5 Å². The Kier molecular flexibility index (Phi) is 3.51. The Labute approximate surface area is 108 Å². The van der Waals surface area contributed by atoms with E-state index < -0.39 is 0 Å². The average molecular weight is 242 g/mol. The summed E-state index contributed by atoms with van der Waals surface area (Å²) in [6, 6.07) is 0.323. The fourth-order valence-electron chi connectivity index (χ4n) is 2.83. The Bertz CT molecular complexity index is 476. The largest absolute Gasteiger partial charge is 0.324 e. The first-order chi connectivity index (χ1) is 8.93. The van der Waals surface area contributed by atoms with Crippen molar-refractivity contribution < 1.29 is 0 Å². The zero-order valence-electron chi connectivity index (χ0n) is 10.8. The molecule has 3 aliphatic rings. The van der Waals surface area contributed by atoms with Crippen molar-refractivity contribution in [3.63, 3.8) is 0 Å². The summed E-state index contributed by atoms with van der Waals surface area (Å²) in [7, 11) is 0. The molecule has 94 valence electrons. The third-order valence-corrected chi connectivity index (χ3v) is 3.83. The Balaban J connectivity index is 1.83. The second-order valence-electron chi connectivity index (χ2n) is 5.18. The number of hydrogen-bond donors (Lipinski definition) is 0. The van der Waals surface area contributed by atoms with Crippen molar-refractivity contribution in [1.82, 2.24) is 4.67 Å². The van der Waals surface area contributed by atoms with Gasteiger partial charge in [-0.3, -0.25) is 9.98 Å². The molecule has 0 bridgehead atoms. The zero-order chi connectivity index (χ0) is 12.2. The van der Waals surface area contributed by atoms with Crippen molar-refractivity contribution in [3.8, 4) is 0 Å². The fourth-order valence-corrected chi connectivity index (χ4v) is 2.83. The van der Waals surface area contributed by atoms with Gasteiger partial charge < -0.3 is 0 Å². The number of allylic oxidation sites excluding steroid dienone is 1. The molecule has 0 N–H and O–H groups in total. The summed E-state index contributed by atoms with van der Waals surface area (Å²) >= 11 is 0. The number of hydrogen-bond acceptors (Lipinski definition) is 2. The molecule has 0 saturated heterocycles. The van der Waals surface area contributed by atoms with Crippen molar-refractivity contribution in [3.05, 3.63) is 12.3 Å². The molecule has 0 spiro atoms. The first-order valence-corrected chi connectivity index (χ1v) is 7.10. The molecule has 3 heterocycles. The molecule has 0 aromatic rings. The molecule has 3 nitrogen and oxygen atoms in total. The average Bonchev–Trinajstić information content (AvgIpc) is 2.49. The number of rotatable bonds is 2. The van der Waals surface area contributed by atoms with E-state index >= 15 is 0 Å². The predicted molar refractivity (Wildman–Crippen MR) is 77.9 cm³/mol. The maximum absolute atomic E-state index is 4.93. The lowest BCUT2D eigenvalue weighted by molar-refractivity contribution is 0.667. The molecule has 3 aliphatic heterocycles. The van der Waals surface area contributed by atoms with Crippen LogP contribution in [0.15, 0.2) is 22.3 Å². The predicted octanol–water partition coefficient (Wildman–Crippen LogP) is 2.49. The van der Waals surface area contributed by atoms with Gasteiger partial charge in [0.2, 0.25) is 0 Å². The molecule has 1 unspecified atom stereocenters. The molecule has 0 aliphatic carbocycles. The van der Waals surface area contributed by atoms with E-state index in [9.17, 15) is 0 Å². The summed E-state index contributed by atoms with van der Waals surface area (Å²) < 4.78 is 4.54. The first-order valence-electron chi connectivity index (χ1n) is 7.10. The van der Waals surface area contributed by atoms with Gasteiger partial charge in [-0.15, -0.1) is 4.67 Å². The Hall–Kier alpha value is -1.47. The van der Waals surface area contributed by atoms with Crippen molar-refractivity contribution in [2.24, 2.45) is 9.98 Å². The molecule has 0 aromatic heterocycles. The molecule has 1 atom stereocenters. The molecule has 0 radical (unpaired) electrons. The normalized spacial score (nSPS) is 27.6. The summed E-state index contributed by atoms with van der Waals surface area (Å²) in [5.41, 5.74) is 3.76. The molecular formula is C15H20N3+. The fraction of sp³-hybridized carbons (Fsp3) is 0.600. The summed E-state index contributed by atoms with van der Waals surface area (Å²) in [6.45, 7) is 0. The van der Waals surface area contributed by atoms with Crippen molar-refractivity contribution in [2.75, 3.05) is 0 Å². The SMILES string of the molecule is C1=CN=C(C2CCCC(C3=[N+]=CCCC3)=N2)CC1. The second-order valence-corrected chi connectivity index (χ2v) is 5.18. The van der Waals surface area contributed by atoms with Gasteiger partial charge in [0, 0.05) is 18.3 Å². The minimum atomic E-state index is 0.323. The van der Waals surface area contributed by atoms with Crippen LogP contribution >= 0.6 is 0 Å². The Morgan fingerprint density at radius 2 is 2.11 bits per heavy atom. The molecular weight excluding hydrogens is 222 g/mol. The van der Waals surface area contributed by atoms with Gasteiger partial charge in [0.1, 0.15) is 5.71 Å². The van der Waals surface area contributed by atoms with Crippen LogP contribution in [0, 0.1) is 0 Å². The van der Waals surface area contributed by atoms with Crippen LogP contribution in [-0.4, -0.2) is 29.4 Å². The van der Waals surface area contributed by atoms with E-state index in [0.717, 1.165) is 38.5 Å². The lowest BCUT2D eigenvalue weighted by atomic mass is 9.93. The molecule has 0 fully saturated rings. The van der Waals surface area contributed by atoms with Gasteiger partial charge in [-0.1, -0.05) is 6.08 Å². The molecule has 18 heavy (non-hydrogen) atoms. The van der Waals surface area contributed by atoms with Gasteiger partial charge in [0.25, 0.3) is 6.21 Å². The molecule has 3 heteroatoms. The van der Waals surface area contributed by atoms with Gasteiger partial charge in [-0.2, -0.15) is 0 Å². The van der Waals surface area contributed by atoms with Crippen LogP contribution in [0.1, 0.15) is 51.4 Å². The van der Waals surface area contributed by atoms with Crippen LogP contribution in [0.2, 0.25) is 0 Å². The van der Waals surface area contributed by atoms with Crippen LogP contribution < -0.4 is 4.67 Å². The van der Waals surface area contributed by atoms with Gasteiger partial charge in [0.15, 0.2) is 0 Å². The van der Waals surface area contributed by atoms with Gasteiger partial charge in [-0.25, -0.2) is 0 Å². The third-order valence-electron chi connectivity index (χ3n) is 3.83. The lowest BCUT2D eigenvalue weighted by Gasteiger charge is -2.21. The highest BCUT2D eigenvalue weighted by molar-refractivity contribution is 6.42. The standard InChI is InChI=1S/C15H20N3/c1-3-10-16-12(6-1)14-8-5-9-15(18-14)13-7-2-4-11-17-13/h3,10-11,14H,1-2,4-9H2/q+1. The second kappa shape index (κ2) is 5.45. The van der Waals surface area contributed by atoms with Gasteiger partial charge in [0.05, 0.1) is 12.5 Å². The highest BCUT2D eigenvalue weighted by Crippen LogP contribution is 2.20. The number of aliphatic imine (C=N–C) groups is 2. The summed E-state index contributed by atoms with van der Waals surface area (Å²) in [5.74, 6) is 0. The van der Waals surface area contributed by atoms with E-state index in [0.29, 0.717) is 6.04 Å². The maximum atomic E-state index is 4.93. The maximum Gasteiger partial charge on any atom is 0.324 e. The van der Waals surface area contributed by atoms with E-state index in [4.69, 9.17) is 4.99 Å². The Morgan fingerprint density at radius 1 is 1.11 bits per heavy atom. The van der Waals surface area contributed by atoms with E-state index in [1.165, 1.54) is 30.0 Å². The van der Waals surface area contributed by atoms with Crippen molar-refractivity contribution >= 4 is 23.3 Å². The van der Waals surface area contributed by atoms with Crippen LogP contribution in [0.5, 0.6) is 0 Å². The summed E-state index contributed by atoms with van der Waals surface area (Å²) in [5, 5.41) is 0. The van der Waals surface area contributed by atoms with E-state index in [1.54, 1.807) is 0 Å². The van der Waals surface area contributed by atoms with E-state index in [1.807, 2.05) is 12.4 Å². The van der Waals surface area contributed by atoms with Crippen LogP contribution in [0.3, 0.4) is 0 Å². The molecule has 0 amide bonds. The van der Waals surface area contributed by atoms with Crippen molar-refractivity contribution in [2.45, 2.75) is 57.4 Å².